The Bertz CT molecular complexity index is 948. The molecule has 0 saturated carbocycles. The fraction of sp³-hybridized carbons (Fsp3) is 0.100. The number of esters is 1. The number of rotatable bonds is 4. The largest absolute Gasteiger partial charge is 0.493 e. The number of carbonyl (C=O) groups excluding carboxylic acids is 2. The predicted molar refractivity (Wildman–Crippen MR) is 99.3 cm³/mol. The smallest absolute Gasteiger partial charge is 0.343 e. The number of hydrogen-bond donors (Lipinski definition) is 1. The van der Waals surface area contributed by atoms with Gasteiger partial charge in [0.15, 0.2) is 0 Å². The molecule has 2 heterocycles. The van der Waals surface area contributed by atoms with E-state index in [2.05, 4.69) is 5.32 Å². The molecule has 0 aliphatic carbocycles. The van der Waals surface area contributed by atoms with Gasteiger partial charge in [-0.3, -0.25) is 4.79 Å². The van der Waals surface area contributed by atoms with Crippen LogP contribution in [-0.2, 0) is 6.42 Å². The molecule has 4 rings (SSSR count). The van der Waals surface area contributed by atoms with E-state index in [1.54, 1.807) is 48.5 Å². The Kier molecular flexibility index (Phi) is 4.41. The lowest BCUT2D eigenvalue weighted by molar-refractivity contribution is 0.0734. The highest BCUT2D eigenvalue weighted by atomic mass is 32.1. The summed E-state index contributed by atoms with van der Waals surface area (Å²) in [6.45, 7) is 0.645. The minimum atomic E-state index is -0.421. The minimum Gasteiger partial charge on any atom is -0.493 e. The lowest BCUT2D eigenvalue weighted by atomic mass is 10.1. The van der Waals surface area contributed by atoms with Crippen molar-refractivity contribution in [1.29, 1.82) is 0 Å². The highest BCUT2D eigenvalue weighted by Crippen LogP contribution is 2.26. The van der Waals surface area contributed by atoms with Crippen molar-refractivity contribution in [2.24, 2.45) is 0 Å². The predicted octanol–water partition coefficient (Wildman–Crippen LogP) is 4.15. The van der Waals surface area contributed by atoms with Crippen molar-refractivity contribution in [2.45, 2.75) is 6.42 Å². The number of thiophene rings is 1. The van der Waals surface area contributed by atoms with Crippen LogP contribution in [0.3, 0.4) is 0 Å². The zero-order valence-corrected chi connectivity index (χ0v) is 14.5. The second-order valence-electron chi connectivity index (χ2n) is 5.77. The third-order valence-electron chi connectivity index (χ3n) is 3.99. The van der Waals surface area contributed by atoms with Crippen LogP contribution in [-0.4, -0.2) is 18.5 Å². The second kappa shape index (κ2) is 7.01. The summed E-state index contributed by atoms with van der Waals surface area (Å²) < 4.78 is 10.8. The van der Waals surface area contributed by atoms with Gasteiger partial charge in [-0.05, 0) is 59.5 Å². The molecule has 2 aromatic carbocycles. The molecule has 0 unspecified atom stereocenters. The van der Waals surface area contributed by atoms with Crippen LogP contribution in [0.25, 0.3) is 0 Å². The first kappa shape index (κ1) is 16.4. The van der Waals surface area contributed by atoms with E-state index in [4.69, 9.17) is 9.47 Å². The number of benzene rings is 2. The molecule has 1 amide bonds. The van der Waals surface area contributed by atoms with Crippen LogP contribution in [0.1, 0.15) is 25.6 Å². The molecular weight excluding hydrogens is 350 g/mol. The maximum atomic E-state index is 12.3. The van der Waals surface area contributed by atoms with Gasteiger partial charge in [0, 0.05) is 12.1 Å². The van der Waals surface area contributed by atoms with Crippen LogP contribution in [0.15, 0.2) is 60.0 Å². The Labute approximate surface area is 154 Å². The van der Waals surface area contributed by atoms with Crippen molar-refractivity contribution >= 4 is 28.9 Å². The number of anilines is 1. The highest BCUT2D eigenvalue weighted by Gasteiger charge is 2.16. The normalized spacial score (nSPS) is 12.2. The molecule has 0 radical (unpaired) electrons. The third kappa shape index (κ3) is 3.45. The number of amides is 1. The second-order valence-corrected chi connectivity index (χ2v) is 6.71. The van der Waals surface area contributed by atoms with Crippen LogP contribution in [0.4, 0.5) is 5.69 Å². The van der Waals surface area contributed by atoms with Gasteiger partial charge in [-0.15, -0.1) is 11.3 Å². The van der Waals surface area contributed by atoms with E-state index in [9.17, 15) is 9.59 Å². The van der Waals surface area contributed by atoms with Gasteiger partial charge in [-0.1, -0.05) is 6.07 Å². The molecule has 5 nitrogen and oxygen atoms in total. The molecule has 6 heteroatoms. The van der Waals surface area contributed by atoms with E-state index in [1.807, 2.05) is 11.4 Å². The Morgan fingerprint density at radius 2 is 1.92 bits per heavy atom. The fourth-order valence-corrected chi connectivity index (χ4v) is 3.31. The van der Waals surface area contributed by atoms with Crippen molar-refractivity contribution in [2.75, 3.05) is 11.9 Å². The summed E-state index contributed by atoms with van der Waals surface area (Å²) in [5.41, 5.74) is 2.15. The molecule has 1 aliphatic heterocycles. The summed E-state index contributed by atoms with van der Waals surface area (Å²) in [6, 6.07) is 15.6. The van der Waals surface area contributed by atoms with Crippen LogP contribution in [0.5, 0.6) is 11.5 Å². The zero-order chi connectivity index (χ0) is 17.9. The van der Waals surface area contributed by atoms with E-state index >= 15 is 0 Å². The molecule has 1 N–H and O–H groups in total. The lowest BCUT2D eigenvalue weighted by Crippen LogP contribution is -2.11. The van der Waals surface area contributed by atoms with E-state index in [0.29, 0.717) is 28.5 Å². The molecule has 0 fully saturated rings. The van der Waals surface area contributed by atoms with Crippen molar-refractivity contribution in [1.82, 2.24) is 0 Å². The summed E-state index contributed by atoms with van der Waals surface area (Å²) in [5.74, 6) is 0.661. The summed E-state index contributed by atoms with van der Waals surface area (Å²) in [7, 11) is 0. The summed E-state index contributed by atoms with van der Waals surface area (Å²) >= 11 is 1.38. The molecule has 130 valence electrons. The molecule has 1 aliphatic rings. The van der Waals surface area contributed by atoms with Gasteiger partial charge in [0.1, 0.15) is 11.5 Å². The minimum absolute atomic E-state index is 0.162. The summed E-state index contributed by atoms with van der Waals surface area (Å²) in [6.07, 6.45) is 0.801. The maximum absolute atomic E-state index is 12.3. The van der Waals surface area contributed by atoms with Crippen molar-refractivity contribution in [3.05, 3.63) is 76.0 Å². The summed E-state index contributed by atoms with van der Waals surface area (Å²) in [5, 5.41) is 4.65. The van der Waals surface area contributed by atoms with Gasteiger partial charge >= 0.3 is 5.97 Å². The Morgan fingerprint density at radius 3 is 2.69 bits per heavy atom. The van der Waals surface area contributed by atoms with Crippen LogP contribution in [0, 0.1) is 0 Å². The number of nitrogens with one attached hydrogen (secondary N) is 1. The first-order valence-corrected chi connectivity index (χ1v) is 9.00. The first-order valence-electron chi connectivity index (χ1n) is 8.12. The van der Waals surface area contributed by atoms with Gasteiger partial charge in [0.25, 0.3) is 5.91 Å². The lowest BCUT2D eigenvalue weighted by Gasteiger charge is -2.07. The number of ether oxygens (including phenoxy) is 2. The molecule has 0 spiro atoms. The third-order valence-corrected chi connectivity index (χ3v) is 4.86. The molecule has 0 atom stereocenters. The number of fused-ring (bicyclic) bond motifs is 1. The number of carbonyl (C=O) groups is 2. The standard InChI is InChI=1S/C20H15NO4S/c22-19(18-2-1-11-26-18)21-15-4-6-16(7-5-15)25-20(23)14-3-8-17-13(12-14)9-10-24-17/h1-8,11-12H,9-10H2,(H,21,22). The fourth-order valence-electron chi connectivity index (χ4n) is 2.69. The quantitative estimate of drug-likeness (QED) is 0.557. The molecule has 26 heavy (non-hydrogen) atoms. The molecular formula is C20H15NO4S. The van der Waals surface area contributed by atoms with Crippen molar-refractivity contribution < 1.29 is 19.1 Å². The van der Waals surface area contributed by atoms with Gasteiger partial charge in [-0.25, -0.2) is 4.79 Å². The Morgan fingerprint density at radius 1 is 1.08 bits per heavy atom. The van der Waals surface area contributed by atoms with Gasteiger partial charge in [0.05, 0.1) is 17.0 Å². The van der Waals surface area contributed by atoms with Gasteiger partial charge < -0.3 is 14.8 Å². The highest BCUT2D eigenvalue weighted by molar-refractivity contribution is 7.12. The van der Waals surface area contributed by atoms with Crippen molar-refractivity contribution in [3.63, 3.8) is 0 Å². The maximum Gasteiger partial charge on any atom is 0.343 e. The molecule has 1 aromatic heterocycles. The van der Waals surface area contributed by atoms with Crippen LogP contribution in [0.2, 0.25) is 0 Å². The van der Waals surface area contributed by atoms with E-state index in [-0.39, 0.29) is 5.91 Å². The number of hydrogen-bond acceptors (Lipinski definition) is 5. The topological polar surface area (TPSA) is 64.6 Å². The van der Waals surface area contributed by atoms with Gasteiger partial charge in [0.2, 0.25) is 0 Å². The average Bonchev–Trinajstić information content (AvgIpc) is 3.34. The SMILES string of the molecule is O=C(Oc1ccc(NC(=O)c2cccs2)cc1)c1ccc2c(c1)CCO2. The zero-order valence-electron chi connectivity index (χ0n) is 13.7. The van der Waals surface area contributed by atoms with Crippen LogP contribution >= 0.6 is 11.3 Å². The van der Waals surface area contributed by atoms with Crippen molar-refractivity contribution in [3.8, 4) is 11.5 Å². The van der Waals surface area contributed by atoms with Gasteiger partial charge in [-0.2, -0.15) is 0 Å². The van der Waals surface area contributed by atoms with Crippen LogP contribution < -0.4 is 14.8 Å². The molecule has 0 saturated heterocycles. The monoisotopic (exact) mass is 365 g/mol. The van der Waals surface area contributed by atoms with E-state index < -0.39 is 5.97 Å². The first-order chi connectivity index (χ1) is 12.7. The van der Waals surface area contributed by atoms with E-state index in [1.165, 1.54) is 11.3 Å². The Hall–Kier alpha value is -3.12. The Balaban J connectivity index is 1.41. The summed E-state index contributed by atoms with van der Waals surface area (Å²) in [4.78, 5) is 25.0. The molecule has 3 aromatic rings. The average molecular weight is 365 g/mol. The molecule has 0 bridgehead atoms. The van der Waals surface area contributed by atoms with E-state index in [0.717, 1.165) is 17.7 Å².